The van der Waals surface area contributed by atoms with Crippen molar-refractivity contribution in [3.05, 3.63) is 45.7 Å². The Balaban J connectivity index is 2.00. The molecule has 2 aromatic rings. The summed E-state index contributed by atoms with van der Waals surface area (Å²) in [6.45, 7) is 5.80. The predicted octanol–water partition coefficient (Wildman–Crippen LogP) is 2.91. The molecule has 0 radical (unpaired) electrons. The Kier molecular flexibility index (Phi) is 5.29. The molecule has 3 rings (SSSR count). The van der Waals surface area contributed by atoms with Gasteiger partial charge in [-0.2, -0.15) is 5.10 Å². The van der Waals surface area contributed by atoms with Gasteiger partial charge in [-0.3, -0.25) is 4.79 Å². The van der Waals surface area contributed by atoms with Crippen LogP contribution in [0.3, 0.4) is 0 Å². The van der Waals surface area contributed by atoms with Gasteiger partial charge in [-0.05, 0) is 61.9 Å². The number of aromatic amines is 1. The molecular weight excluding hydrogens is 350 g/mol. The van der Waals surface area contributed by atoms with Gasteiger partial charge in [0, 0.05) is 17.7 Å². The van der Waals surface area contributed by atoms with Gasteiger partial charge in [0.1, 0.15) is 0 Å². The summed E-state index contributed by atoms with van der Waals surface area (Å²) in [5.41, 5.74) is 2.51. The fraction of sp³-hybridized carbons (Fsp3) is 0.474. The van der Waals surface area contributed by atoms with Crippen molar-refractivity contribution in [2.24, 2.45) is 5.92 Å². The first kappa shape index (κ1) is 18.8. The van der Waals surface area contributed by atoms with Crippen LogP contribution < -0.4 is 10.3 Å². The standard InChI is InChI=1S/C19H25N3O3S/c1-12-6-4-5-7-16(12)22-26(24,25)18-11-15(10-13(2)14(18)3)17-8-9-19(23)21-20-17/h8-12,16,22H,4-7H2,1-3H3,(H,21,23)/t12-,16-/m1/s1. The molecule has 7 heteroatoms. The molecule has 26 heavy (non-hydrogen) atoms. The van der Waals surface area contributed by atoms with Crippen LogP contribution in [0.4, 0.5) is 0 Å². The highest BCUT2D eigenvalue weighted by molar-refractivity contribution is 7.89. The van der Waals surface area contributed by atoms with E-state index in [-0.39, 0.29) is 16.5 Å². The molecule has 1 aliphatic carbocycles. The van der Waals surface area contributed by atoms with Crippen LogP contribution in [0.1, 0.15) is 43.7 Å². The molecule has 140 valence electrons. The zero-order valence-corrected chi connectivity index (χ0v) is 16.2. The first-order chi connectivity index (χ1) is 12.3. The van der Waals surface area contributed by atoms with E-state index < -0.39 is 10.0 Å². The first-order valence-electron chi connectivity index (χ1n) is 8.97. The van der Waals surface area contributed by atoms with Crippen molar-refractivity contribution >= 4 is 10.0 Å². The van der Waals surface area contributed by atoms with Gasteiger partial charge in [-0.15, -0.1) is 0 Å². The average molecular weight is 375 g/mol. The molecule has 0 aliphatic heterocycles. The number of benzene rings is 1. The molecule has 6 nitrogen and oxygen atoms in total. The number of rotatable bonds is 4. The van der Waals surface area contributed by atoms with Crippen LogP contribution in [0.15, 0.2) is 34.0 Å². The highest BCUT2D eigenvalue weighted by Crippen LogP contribution is 2.29. The molecule has 1 aliphatic rings. The summed E-state index contributed by atoms with van der Waals surface area (Å²) >= 11 is 0. The van der Waals surface area contributed by atoms with E-state index in [1.807, 2.05) is 19.9 Å². The lowest BCUT2D eigenvalue weighted by Crippen LogP contribution is -2.41. The Morgan fingerprint density at radius 3 is 2.54 bits per heavy atom. The third kappa shape index (κ3) is 3.88. The van der Waals surface area contributed by atoms with Crippen molar-refractivity contribution in [2.75, 3.05) is 0 Å². The highest BCUT2D eigenvalue weighted by Gasteiger charge is 2.28. The van der Waals surface area contributed by atoms with Gasteiger partial charge in [0.05, 0.1) is 10.6 Å². The van der Waals surface area contributed by atoms with Crippen molar-refractivity contribution in [3.63, 3.8) is 0 Å². The SMILES string of the molecule is Cc1cc(-c2ccc(=O)[nH]n2)cc(S(=O)(=O)N[C@@H]2CCCC[C@H]2C)c1C. The van der Waals surface area contributed by atoms with Crippen molar-refractivity contribution < 1.29 is 8.42 Å². The Morgan fingerprint density at radius 2 is 1.88 bits per heavy atom. The lowest BCUT2D eigenvalue weighted by atomic mass is 9.87. The van der Waals surface area contributed by atoms with Gasteiger partial charge >= 0.3 is 0 Å². The number of sulfonamides is 1. The molecule has 1 aromatic heterocycles. The average Bonchev–Trinajstić information content (AvgIpc) is 2.59. The number of nitrogens with one attached hydrogen (secondary N) is 2. The van der Waals surface area contributed by atoms with Gasteiger partial charge in [-0.25, -0.2) is 18.2 Å². The zero-order valence-electron chi connectivity index (χ0n) is 15.4. The number of hydrogen-bond acceptors (Lipinski definition) is 4. The first-order valence-corrected chi connectivity index (χ1v) is 10.5. The summed E-state index contributed by atoms with van der Waals surface area (Å²) in [5.74, 6) is 0.337. The summed E-state index contributed by atoms with van der Waals surface area (Å²) in [6.07, 6.45) is 4.13. The molecule has 2 N–H and O–H groups in total. The summed E-state index contributed by atoms with van der Waals surface area (Å²) < 4.78 is 29.0. The van der Waals surface area contributed by atoms with E-state index in [4.69, 9.17) is 0 Å². The van der Waals surface area contributed by atoms with Crippen LogP contribution in [-0.2, 0) is 10.0 Å². The van der Waals surface area contributed by atoms with Gasteiger partial charge in [0.25, 0.3) is 5.56 Å². The molecular formula is C19H25N3O3S. The maximum atomic E-state index is 13.1. The van der Waals surface area contributed by atoms with E-state index in [1.54, 1.807) is 12.1 Å². The van der Waals surface area contributed by atoms with Gasteiger partial charge < -0.3 is 0 Å². The van der Waals surface area contributed by atoms with E-state index in [1.165, 1.54) is 6.07 Å². The Morgan fingerprint density at radius 1 is 1.15 bits per heavy atom. The topological polar surface area (TPSA) is 91.9 Å². The van der Waals surface area contributed by atoms with Crippen molar-refractivity contribution in [1.29, 1.82) is 0 Å². The third-order valence-electron chi connectivity index (χ3n) is 5.30. The molecule has 1 fully saturated rings. The quantitative estimate of drug-likeness (QED) is 0.859. The van der Waals surface area contributed by atoms with Crippen molar-refractivity contribution in [2.45, 2.75) is 57.4 Å². The largest absolute Gasteiger partial charge is 0.268 e. The fourth-order valence-electron chi connectivity index (χ4n) is 3.51. The van der Waals surface area contributed by atoms with Crippen molar-refractivity contribution in [1.82, 2.24) is 14.9 Å². The minimum absolute atomic E-state index is 0.0247. The van der Waals surface area contributed by atoms with Gasteiger partial charge in [-0.1, -0.05) is 19.8 Å². The molecule has 0 spiro atoms. The second-order valence-corrected chi connectivity index (χ2v) is 8.89. The number of nitrogens with zero attached hydrogens (tertiary/aromatic N) is 1. The maximum Gasteiger partial charge on any atom is 0.264 e. The van der Waals surface area contributed by atoms with Crippen LogP contribution >= 0.6 is 0 Å². The fourth-order valence-corrected chi connectivity index (χ4v) is 5.24. The predicted molar refractivity (Wildman–Crippen MR) is 102 cm³/mol. The smallest absolute Gasteiger partial charge is 0.264 e. The minimum Gasteiger partial charge on any atom is -0.268 e. The Bertz CT molecular complexity index is 946. The maximum absolute atomic E-state index is 13.1. The summed E-state index contributed by atoms with van der Waals surface area (Å²) in [4.78, 5) is 11.5. The minimum atomic E-state index is -3.63. The van der Waals surface area contributed by atoms with E-state index >= 15 is 0 Å². The number of aryl methyl sites for hydroxylation is 1. The van der Waals surface area contributed by atoms with Crippen LogP contribution in [-0.4, -0.2) is 24.7 Å². The molecule has 0 saturated heterocycles. The third-order valence-corrected chi connectivity index (χ3v) is 6.92. The van der Waals surface area contributed by atoms with Crippen LogP contribution in [0.25, 0.3) is 11.3 Å². The lowest BCUT2D eigenvalue weighted by molar-refractivity contribution is 0.310. The molecule has 2 atom stereocenters. The van der Waals surface area contributed by atoms with Gasteiger partial charge in [0.2, 0.25) is 10.0 Å². The summed E-state index contributed by atoms with van der Waals surface area (Å²) in [6, 6.07) is 6.48. The summed E-state index contributed by atoms with van der Waals surface area (Å²) in [7, 11) is -3.63. The molecule has 1 heterocycles. The monoisotopic (exact) mass is 375 g/mol. The van der Waals surface area contributed by atoms with E-state index in [0.29, 0.717) is 17.2 Å². The lowest BCUT2D eigenvalue weighted by Gasteiger charge is -2.29. The van der Waals surface area contributed by atoms with Crippen LogP contribution in [0.5, 0.6) is 0 Å². The van der Waals surface area contributed by atoms with Gasteiger partial charge in [0.15, 0.2) is 0 Å². The summed E-state index contributed by atoms with van der Waals surface area (Å²) in [5, 5.41) is 6.41. The molecule has 1 aromatic carbocycles. The molecule has 0 amide bonds. The van der Waals surface area contributed by atoms with Crippen molar-refractivity contribution in [3.8, 4) is 11.3 Å². The number of aromatic nitrogens is 2. The Labute approximate surface area is 154 Å². The highest BCUT2D eigenvalue weighted by atomic mass is 32.2. The molecule has 0 unspecified atom stereocenters. The van der Waals surface area contributed by atoms with E-state index in [0.717, 1.165) is 36.8 Å². The van der Waals surface area contributed by atoms with Crippen LogP contribution in [0.2, 0.25) is 0 Å². The molecule has 1 saturated carbocycles. The van der Waals surface area contributed by atoms with Crippen LogP contribution in [0, 0.1) is 19.8 Å². The van der Waals surface area contributed by atoms with E-state index in [2.05, 4.69) is 21.8 Å². The second-order valence-electron chi connectivity index (χ2n) is 7.21. The number of H-pyrrole nitrogens is 1. The second kappa shape index (κ2) is 7.32. The Hall–Kier alpha value is -1.99. The molecule has 0 bridgehead atoms. The number of hydrogen-bond donors (Lipinski definition) is 2. The van der Waals surface area contributed by atoms with E-state index in [9.17, 15) is 13.2 Å². The normalized spacial score (nSPS) is 20.9. The zero-order chi connectivity index (χ0) is 18.9.